The van der Waals surface area contributed by atoms with Gasteiger partial charge in [-0.05, 0) is 37.3 Å². The summed E-state index contributed by atoms with van der Waals surface area (Å²) in [7, 11) is 0. The SMILES string of the molecule is Cc1ccc(CN=C(N)NCCC(C)C)c(OCC2CCOC2)c1.I. The minimum absolute atomic E-state index is 0. The Morgan fingerprint density at radius 3 is 2.92 bits per heavy atom. The average Bonchev–Trinajstić information content (AvgIpc) is 3.05. The van der Waals surface area contributed by atoms with Gasteiger partial charge in [-0.2, -0.15) is 0 Å². The van der Waals surface area contributed by atoms with E-state index in [1.165, 1.54) is 5.56 Å². The van der Waals surface area contributed by atoms with E-state index in [0.717, 1.165) is 43.9 Å². The number of aryl methyl sites for hydroxylation is 1. The first-order valence-electron chi connectivity index (χ1n) is 8.88. The molecule has 1 aliphatic heterocycles. The molecule has 0 aliphatic carbocycles. The summed E-state index contributed by atoms with van der Waals surface area (Å²) in [6, 6.07) is 6.22. The summed E-state index contributed by atoms with van der Waals surface area (Å²) in [5.74, 6) is 2.54. The molecule has 3 N–H and O–H groups in total. The number of rotatable bonds is 8. The lowest BCUT2D eigenvalue weighted by Gasteiger charge is -2.14. The van der Waals surface area contributed by atoms with Gasteiger partial charge in [-0.1, -0.05) is 26.0 Å². The Morgan fingerprint density at radius 1 is 1.44 bits per heavy atom. The van der Waals surface area contributed by atoms with Gasteiger partial charge < -0.3 is 20.5 Å². The fourth-order valence-electron chi connectivity index (χ4n) is 2.56. The zero-order valence-corrected chi connectivity index (χ0v) is 17.9. The third-order valence-corrected chi connectivity index (χ3v) is 4.17. The summed E-state index contributed by atoms with van der Waals surface area (Å²) in [5.41, 5.74) is 8.19. The fraction of sp³-hybridized carbons (Fsp3) is 0.632. The summed E-state index contributed by atoms with van der Waals surface area (Å²) in [6.45, 7) is 10.2. The molecule has 142 valence electrons. The first kappa shape index (κ1) is 22.0. The lowest BCUT2D eigenvalue weighted by molar-refractivity contribution is 0.166. The topological polar surface area (TPSA) is 68.9 Å². The Bertz CT molecular complexity index is 543. The third-order valence-electron chi connectivity index (χ3n) is 4.17. The van der Waals surface area contributed by atoms with Crippen LogP contribution in [0.5, 0.6) is 5.75 Å². The van der Waals surface area contributed by atoms with Crippen molar-refractivity contribution in [2.24, 2.45) is 22.6 Å². The zero-order chi connectivity index (χ0) is 17.4. The second-order valence-electron chi connectivity index (χ2n) is 6.96. The molecule has 0 amide bonds. The maximum atomic E-state index is 6.04. The highest BCUT2D eigenvalue weighted by Crippen LogP contribution is 2.23. The molecule has 1 saturated heterocycles. The Balaban J connectivity index is 0.00000312. The summed E-state index contributed by atoms with van der Waals surface area (Å²) in [6.07, 6.45) is 2.16. The van der Waals surface area contributed by atoms with Crippen molar-refractivity contribution in [2.75, 3.05) is 26.4 Å². The molecule has 0 spiro atoms. The van der Waals surface area contributed by atoms with Crippen molar-refractivity contribution < 1.29 is 9.47 Å². The van der Waals surface area contributed by atoms with E-state index in [-0.39, 0.29) is 24.0 Å². The number of nitrogens with zero attached hydrogens (tertiary/aromatic N) is 1. The van der Waals surface area contributed by atoms with E-state index in [4.69, 9.17) is 15.2 Å². The molecule has 0 aromatic heterocycles. The molecular formula is C19H32IN3O2. The maximum Gasteiger partial charge on any atom is 0.188 e. The Hall–Kier alpha value is -1.02. The van der Waals surface area contributed by atoms with Gasteiger partial charge in [0, 0.05) is 24.6 Å². The molecule has 0 radical (unpaired) electrons. The van der Waals surface area contributed by atoms with Gasteiger partial charge in [-0.25, -0.2) is 4.99 Å². The molecule has 6 heteroatoms. The van der Waals surface area contributed by atoms with Gasteiger partial charge >= 0.3 is 0 Å². The monoisotopic (exact) mass is 461 g/mol. The number of hydrogen-bond acceptors (Lipinski definition) is 3. The number of guanidine groups is 1. The second-order valence-corrected chi connectivity index (χ2v) is 6.96. The van der Waals surface area contributed by atoms with Crippen LogP contribution in [0.15, 0.2) is 23.2 Å². The molecule has 1 atom stereocenters. The van der Waals surface area contributed by atoms with Crippen molar-refractivity contribution in [2.45, 2.75) is 40.2 Å². The molecule has 1 fully saturated rings. The third kappa shape index (κ3) is 8.27. The van der Waals surface area contributed by atoms with Crippen molar-refractivity contribution in [3.05, 3.63) is 29.3 Å². The van der Waals surface area contributed by atoms with E-state index in [1.54, 1.807) is 0 Å². The zero-order valence-electron chi connectivity index (χ0n) is 15.6. The highest BCUT2D eigenvalue weighted by atomic mass is 127. The van der Waals surface area contributed by atoms with Crippen LogP contribution in [0.25, 0.3) is 0 Å². The van der Waals surface area contributed by atoms with Crippen LogP contribution >= 0.6 is 24.0 Å². The van der Waals surface area contributed by atoms with Crippen molar-refractivity contribution in [3.8, 4) is 5.75 Å². The van der Waals surface area contributed by atoms with E-state index in [2.05, 4.69) is 49.3 Å². The number of nitrogens with one attached hydrogen (secondary N) is 1. The van der Waals surface area contributed by atoms with Crippen molar-refractivity contribution >= 4 is 29.9 Å². The van der Waals surface area contributed by atoms with Gasteiger partial charge in [0.15, 0.2) is 5.96 Å². The van der Waals surface area contributed by atoms with Gasteiger partial charge in [0.05, 0.1) is 19.8 Å². The smallest absolute Gasteiger partial charge is 0.188 e. The molecule has 1 aromatic rings. The molecule has 1 aliphatic rings. The highest BCUT2D eigenvalue weighted by molar-refractivity contribution is 14.0. The minimum Gasteiger partial charge on any atom is -0.493 e. The van der Waals surface area contributed by atoms with Crippen molar-refractivity contribution in [1.29, 1.82) is 0 Å². The number of ether oxygens (including phenoxy) is 2. The van der Waals surface area contributed by atoms with E-state index in [9.17, 15) is 0 Å². The number of benzene rings is 1. The number of nitrogens with two attached hydrogens (primary N) is 1. The first-order chi connectivity index (χ1) is 11.5. The van der Waals surface area contributed by atoms with E-state index in [0.29, 0.717) is 30.9 Å². The number of aliphatic imine (C=N–C) groups is 1. The lowest BCUT2D eigenvalue weighted by Crippen LogP contribution is -2.32. The molecular weight excluding hydrogens is 429 g/mol. The summed E-state index contributed by atoms with van der Waals surface area (Å²) in [4.78, 5) is 4.44. The van der Waals surface area contributed by atoms with Crippen LogP contribution < -0.4 is 15.8 Å². The van der Waals surface area contributed by atoms with Gasteiger partial charge in [-0.15, -0.1) is 24.0 Å². The fourth-order valence-corrected chi connectivity index (χ4v) is 2.56. The largest absolute Gasteiger partial charge is 0.493 e. The Kier molecular flexibility index (Phi) is 10.2. The second kappa shape index (κ2) is 11.6. The van der Waals surface area contributed by atoms with Gasteiger partial charge in [0.1, 0.15) is 5.75 Å². The van der Waals surface area contributed by atoms with Gasteiger partial charge in [0.25, 0.3) is 0 Å². The molecule has 1 unspecified atom stereocenters. The van der Waals surface area contributed by atoms with Crippen LogP contribution in [0.4, 0.5) is 0 Å². The Morgan fingerprint density at radius 2 is 2.24 bits per heavy atom. The average molecular weight is 461 g/mol. The number of halogens is 1. The van der Waals surface area contributed by atoms with Gasteiger partial charge in [0.2, 0.25) is 0 Å². The van der Waals surface area contributed by atoms with Crippen molar-refractivity contribution in [3.63, 3.8) is 0 Å². The van der Waals surface area contributed by atoms with Crippen LogP contribution in [0, 0.1) is 18.8 Å². The summed E-state index contributed by atoms with van der Waals surface area (Å²) < 4.78 is 11.4. The maximum absolute atomic E-state index is 6.04. The number of hydrogen-bond donors (Lipinski definition) is 2. The Labute approximate surface area is 168 Å². The summed E-state index contributed by atoms with van der Waals surface area (Å²) >= 11 is 0. The predicted molar refractivity (Wildman–Crippen MR) is 114 cm³/mol. The molecule has 0 saturated carbocycles. The minimum atomic E-state index is 0. The molecule has 25 heavy (non-hydrogen) atoms. The summed E-state index contributed by atoms with van der Waals surface area (Å²) in [5, 5.41) is 3.16. The molecule has 1 heterocycles. The van der Waals surface area contributed by atoms with Gasteiger partial charge in [-0.3, -0.25) is 0 Å². The molecule has 0 bridgehead atoms. The molecule has 1 aromatic carbocycles. The highest BCUT2D eigenvalue weighted by Gasteiger charge is 2.17. The lowest BCUT2D eigenvalue weighted by atomic mass is 10.1. The van der Waals surface area contributed by atoms with E-state index < -0.39 is 0 Å². The van der Waals surface area contributed by atoms with Crippen molar-refractivity contribution in [1.82, 2.24) is 5.32 Å². The first-order valence-corrected chi connectivity index (χ1v) is 8.88. The molecule has 5 nitrogen and oxygen atoms in total. The van der Waals surface area contributed by atoms with Crippen LogP contribution in [0.1, 0.15) is 37.8 Å². The van der Waals surface area contributed by atoms with Crippen LogP contribution in [0.2, 0.25) is 0 Å². The van der Waals surface area contributed by atoms with Crippen LogP contribution in [-0.2, 0) is 11.3 Å². The van der Waals surface area contributed by atoms with E-state index in [1.807, 2.05) is 0 Å². The predicted octanol–water partition coefficient (Wildman–Crippen LogP) is 3.48. The van der Waals surface area contributed by atoms with E-state index >= 15 is 0 Å². The van der Waals surface area contributed by atoms with Crippen LogP contribution in [0.3, 0.4) is 0 Å². The standard InChI is InChI=1S/C19H31N3O2.HI/c1-14(2)6-8-21-19(20)22-11-17-5-4-15(3)10-18(17)24-13-16-7-9-23-12-16;/h4-5,10,14,16H,6-9,11-13H2,1-3H3,(H3,20,21,22);1H. The normalized spacial score (nSPS) is 17.4. The quantitative estimate of drug-likeness (QED) is 0.354. The molecule has 2 rings (SSSR count). The van der Waals surface area contributed by atoms with Crippen LogP contribution in [-0.4, -0.2) is 32.3 Å².